The van der Waals surface area contributed by atoms with Crippen LogP contribution >= 0.6 is 11.6 Å². The summed E-state index contributed by atoms with van der Waals surface area (Å²) in [7, 11) is 0. The van der Waals surface area contributed by atoms with Crippen LogP contribution in [0.3, 0.4) is 0 Å². The smallest absolute Gasteiger partial charge is 0.160 e. The number of ether oxygens (including phenoxy) is 1. The number of alkyl halides is 1. The van der Waals surface area contributed by atoms with Gasteiger partial charge in [-0.25, -0.2) is 0 Å². The maximum absolute atomic E-state index is 9.85. The number of nitrogens with zero attached hydrogens (tertiary/aromatic N) is 1. The van der Waals surface area contributed by atoms with Crippen LogP contribution in [0.4, 0.5) is 0 Å². The van der Waals surface area contributed by atoms with Gasteiger partial charge in [-0.2, -0.15) is 0 Å². The Hall–Kier alpha value is -0.0900. The topological polar surface area (TPSA) is 32.7 Å². The van der Waals surface area contributed by atoms with Gasteiger partial charge in [0.2, 0.25) is 0 Å². The molecule has 0 saturated heterocycles. The lowest BCUT2D eigenvalue weighted by atomic mass is 9.96. The Morgan fingerprint density at radius 3 is 2.81 bits per heavy atom. The molecule has 0 aromatic heterocycles. The third-order valence-corrected chi connectivity index (χ3v) is 2.77. The summed E-state index contributed by atoms with van der Waals surface area (Å²) in [5.74, 6) is 0.627. The van der Waals surface area contributed by atoms with Gasteiger partial charge in [0.15, 0.2) is 6.29 Å². The van der Waals surface area contributed by atoms with Crippen molar-refractivity contribution in [2.45, 2.75) is 33.2 Å². The van der Waals surface area contributed by atoms with E-state index in [0.29, 0.717) is 5.88 Å². The molecule has 4 heteroatoms. The van der Waals surface area contributed by atoms with Crippen LogP contribution < -0.4 is 0 Å². The van der Waals surface area contributed by atoms with Gasteiger partial charge in [-0.3, -0.25) is 4.90 Å². The summed E-state index contributed by atoms with van der Waals surface area (Å²) < 4.78 is 5.62. The highest BCUT2D eigenvalue weighted by atomic mass is 35.5. The zero-order chi connectivity index (χ0) is 12.2. The minimum absolute atomic E-state index is 0.0359. The second-order valence-corrected chi connectivity index (χ2v) is 5.65. The molecular weight excluding hydrogens is 226 g/mol. The van der Waals surface area contributed by atoms with Crippen molar-refractivity contribution in [1.82, 2.24) is 4.90 Å². The lowest BCUT2D eigenvalue weighted by molar-refractivity contribution is -0.180. The van der Waals surface area contributed by atoms with Crippen molar-refractivity contribution in [3.63, 3.8) is 0 Å². The van der Waals surface area contributed by atoms with Crippen molar-refractivity contribution >= 4 is 11.6 Å². The van der Waals surface area contributed by atoms with Crippen molar-refractivity contribution in [2.75, 3.05) is 25.5 Å². The molecule has 2 unspecified atom stereocenters. The van der Waals surface area contributed by atoms with Crippen LogP contribution in [0.25, 0.3) is 0 Å². The number of aliphatic hydroxyl groups is 1. The van der Waals surface area contributed by atoms with Crippen LogP contribution in [-0.4, -0.2) is 47.9 Å². The lowest BCUT2D eigenvalue weighted by Gasteiger charge is -2.33. The van der Waals surface area contributed by atoms with Crippen molar-refractivity contribution < 1.29 is 9.84 Å². The predicted octanol–water partition coefficient (Wildman–Crippen LogP) is 1.85. The highest BCUT2D eigenvalue weighted by molar-refractivity contribution is 6.18. The lowest BCUT2D eigenvalue weighted by Crippen LogP contribution is -2.41. The molecule has 1 heterocycles. The van der Waals surface area contributed by atoms with Gasteiger partial charge < -0.3 is 9.84 Å². The molecule has 16 heavy (non-hydrogen) atoms. The average Bonchev–Trinajstić information content (AvgIpc) is 2.17. The fourth-order valence-electron chi connectivity index (χ4n) is 1.51. The molecule has 3 nitrogen and oxygen atoms in total. The average molecular weight is 248 g/mol. The Labute approximate surface area is 103 Å². The molecule has 1 rings (SSSR count). The van der Waals surface area contributed by atoms with E-state index < -0.39 is 6.29 Å². The number of hydrogen-bond acceptors (Lipinski definition) is 3. The molecule has 0 aliphatic carbocycles. The molecule has 1 N–H and O–H groups in total. The van der Waals surface area contributed by atoms with Gasteiger partial charge in [0.25, 0.3) is 0 Å². The summed E-state index contributed by atoms with van der Waals surface area (Å²) in [4.78, 5) is 2.22. The summed E-state index contributed by atoms with van der Waals surface area (Å²) >= 11 is 5.70. The standard InChI is InChI=1S/C12H22ClNO2/c1-12(2,3)11(15)16-10-5-4-7-14(9-10)8-6-13/h4-5,10-11,15H,6-9H2,1-3H3. The highest BCUT2D eigenvalue weighted by Crippen LogP contribution is 2.22. The summed E-state index contributed by atoms with van der Waals surface area (Å²) in [5.41, 5.74) is -0.247. The number of aliphatic hydroxyl groups excluding tert-OH is 1. The van der Waals surface area contributed by atoms with Crippen molar-refractivity contribution in [3.8, 4) is 0 Å². The second kappa shape index (κ2) is 6.01. The first-order valence-corrected chi connectivity index (χ1v) is 6.25. The zero-order valence-electron chi connectivity index (χ0n) is 10.3. The summed E-state index contributed by atoms with van der Waals surface area (Å²) in [6.45, 7) is 8.45. The third-order valence-electron chi connectivity index (χ3n) is 2.60. The van der Waals surface area contributed by atoms with E-state index in [2.05, 4.69) is 11.0 Å². The van der Waals surface area contributed by atoms with E-state index in [-0.39, 0.29) is 11.5 Å². The Morgan fingerprint density at radius 2 is 2.25 bits per heavy atom. The molecule has 0 radical (unpaired) electrons. The van der Waals surface area contributed by atoms with Gasteiger partial charge in [-0.15, -0.1) is 11.6 Å². The Morgan fingerprint density at radius 1 is 1.56 bits per heavy atom. The Balaban J connectivity index is 2.43. The van der Waals surface area contributed by atoms with E-state index in [1.165, 1.54) is 0 Å². The first-order chi connectivity index (χ1) is 7.43. The number of halogens is 1. The zero-order valence-corrected chi connectivity index (χ0v) is 11.1. The summed E-state index contributed by atoms with van der Waals surface area (Å²) in [6, 6.07) is 0. The Bertz CT molecular complexity index is 238. The molecule has 94 valence electrons. The minimum atomic E-state index is -0.738. The first-order valence-electron chi connectivity index (χ1n) is 5.72. The van der Waals surface area contributed by atoms with Crippen molar-refractivity contribution in [3.05, 3.63) is 12.2 Å². The van der Waals surface area contributed by atoms with E-state index >= 15 is 0 Å². The molecule has 2 atom stereocenters. The molecule has 0 spiro atoms. The molecule has 0 bridgehead atoms. The van der Waals surface area contributed by atoms with Crippen LogP contribution in [-0.2, 0) is 4.74 Å². The summed E-state index contributed by atoms with van der Waals surface area (Å²) in [5, 5.41) is 9.85. The number of hydrogen-bond donors (Lipinski definition) is 1. The van der Waals surface area contributed by atoms with Gasteiger partial charge in [-0.1, -0.05) is 32.9 Å². The van der Waals surface area contributed by atoms with Crippen LogP contribution in [0.15, 0.2) is 12.2 Å². The van der Waals surface area contributed by atoms with E-state index in [4.69, 9.17) is 16.3 Å². The largest absolute Gasteiger partial charge is 0.367 e. The van der Waals surface area contributed by atoms with Gasteiger partial charge >= 0.3 is 0 Å². The first kappa shape index (κ1) is 14.0. The van der Waals surface area contributed by atoms with Gasteiger partial charge in [0, 0.05) is 30.9 Å². The van der Waals surface area contributed by atoms with Crippen LogP contribution in [0.1, 0.15) is 20.8 Å². The SMILES string of the molecule is CC(C)(C)C(O)OC1C=CCN(CCCl)C1. The fraction of sp³-hybridized carbons (Fsp3) is 0.833. The Kier molecular flexibility index (Phi) is 5.25. The highest BCUT2D eigenvalue weighted by Gasteiger charge is 2.26. The van der Waals surface area contributed by atoms with E-state index in [9.17, 15) is 5.11 Å². The van der Waals surface area contributed by atoms with E-state index in [1.54, 1.807) is 0 Å². The second-order valence-electron chi connectivity index (χ2n) is 5.27. The molecule has 0 aromatic carbocycles. The molecule has 0 fully saturated rings. The van der Waals surface area contributed by atoms with Gasteiger partial charge in [0.05, 0.1) is 6.10 Å². The van der Waals surface area contributed by atoms with Gasteiger partial charge in [-0.05, 0) is 0 Å². The monoisotopic (exact) mass is 247 g/mol. The van der Waals surface area contributed by atoms with Crippen LogP contribution in [0.2, 0.25) is 0 Å². The molecule has 1 aliphatic heterocycles. The van der Waals surface area contributed by atoms with Crippen LogP contribution in [0, 0.1) is 5.41 Å². The van der Waals surface area contributed by atoms with Crippen LogP contribution in [0.5, 0.6) is 0 Å². The van der Waals surface area contributed by atoms with E-state index in [0.717, 1.165) is 19.6 Å². The number of rotatable bonds is 4. The van der Waals surface area contributed by atoms with Crippen molar-refractivity contribution in [2.24, 2.45) is 5.41 Å². The van der Waals surface area contributed by atoms with Gasteiger partial charge in [0.1, 0.15) is 0 Å². The van der Waals surface area contributed by atoms with E-state index in [1.807, 2.05) is 26.8 Å². The molecule has 0 saturated carbocycles. The molecule has 1 aliphatic rings. The molecule has 0 amide bonds. The quantitative estimate of drug-likeness (QED) is 0.468. The summed E-state index contributed by atoms with van der Waals surface area (Å²) in [6.07, 6.45) is 3.31. The maximum Gasteiger partial charge on any atom is 0.160 e. The molecular formula is C12H22ClNO2. The molecule has 0 aromatic rings. The minimum Gasteiger partial charge on any atom is -0.367 e. The predicted molar refractivity (Wildman–Crippen MR) is 66.6 cm³/mol. The fourth-order valence-corrected chi connectivity index (χ4v) is 1.75. The maximum atomic E-state index is 9.85. The normalized spacial score (nSPS) is 24.7. The third kappa shape index (κ3) is 4.42. The van der Waals surface area contributed by atoms with Crippen molar-refractivity contribution in [1.29, 1.82) is 0 Å².